The zero-order chi connectivity index (χ0) is 14.7. The van der Waals surface area contributed by atoms with Crippen LogP contribution in [0.1, 0.15) is 36.0 Å². The van der Waals surface area contributed by atoms with Crippen LogP contribution in [0.4, 0.5) is 11.4 Å². The topological polar surface area (TPSA) is 75.5 Å². The van der Waals surface area contributed by atoms with E-state index in [-0.39, 0.29) is 23.2 Å². The summed E-state index contributed by atoms with van der Waals surface area (Å²) in [5.74, 6) is -0.277. The van der Waals surface area contributed by atoms with Gasteiger partial charge in [-0.3, -0.25) is 14.9 Å². The molecule has 1 N–H and O–H groups in total. The highest BCUT2D eigenvalue weighted by Gasteiger charge is 2.28. The van der Waals surface area contributed by atoms with Gasteiger partial charge in [0.05, 0.1) is 4.92 Å². The van der Waals surface area contributed by atoms with Gasteiger partial charge in [-0.05, 0) is 25.0 Å². The van der Waals surface area contributed by atoms with E-state index in [2.05, 4.69) is 5.32 Å². The quantitative estimate of drug-likeness (QED) is 0.678. The number of hydrogen-bond donors (Lipinski definition) is 1. The lowest BCUT2D eigenvalue weighted by molar-refractivity contribution is -0.385. The summed E-state index contributed by atoms with van der Waals surface area (Å²) in [6, 6.07) is 4.72. The van der Waals surface area contributed by atoms with Crippen molar-refractivity contribution in [2.45, 2.75) is 31.7 Å². The number of nitro groups is 1. The first-order valence-electron chi connectivity index (χ1n) is 6.78. The molecule has 0 unspecified atom stereocenters. The fourth-order valence-corrected chi connectivity index (χ4v) is 2.67. The van der Waals surface area contributed by atoms with Gasteiger partial charge in [0.25, 0.3) is 11.6 Å². The molecule has 0 heterocycles. The zero-order valence-corrected chi connectivity index (χ0v) is 11.8. The van der Waals surface area contributed by atoms with Gasteiger partial charge < -0.3 is 10.2 Å². The number of carbonyl (C=O) groups excluding carboxylic acids is 1. The predicted octanol–water partition coefficient (Wildman–Crippen LogP) is 2.65. The largest absolute Gasteiger partial charge is 0.388 e. The lowest BCUT2D eigenvalue weighted by Gasteiger charge is -2.24. The Hall–Kier alpha value is -2.11. The summed E-state index contributed by atoms with van der Waals surface area (Å²) in [5.41, 5.74) is 0.703. The predicted molar refractivity (Wildman–Crippen MR) is 77.0 cm³/mol. The Morgan fingerprint density at radius 3 is 2.60 bits per heavy atom. The van der Waals surface area contributed by atoms with Crippen molar-refractivity contribution in [2.24, 2.45) is 0 Å². The van der Waals surface area contributed by atoms with Crippen LogP contribution in [0.25, 0.3) is 0 Å². The average Bonchev–Trinajstić information content (AvgIpc) is 2.99. The van der Waals surface area contributed by atoms with Crippen molar-refractivity contribution in [3.05, 3.63) is 33.9 Å². The van der Waals surface area contributed by atoms with Gasteiger partial charge in [-0.25, -0.2) is 0 Å². The third-order valence-electron chi connectivity index (χ3n) is 3.91. The summed E-state index contributed by atoms with van der Waals surface area (Å²) in [5, 5.41) is 14.0. The van der Waals surface area contributed by atoms with Crippen LogP contribution in [0.15, 0.2) is 18.2 Å². The Bertz CT molecular complexity index is 524. The smallest absolute Gasteiger partial charge is 0.282 e. The minimum absolute atomic E-state index is 0.140. The molecular formula is C14H19N3O3. The normalized spacial score (nSPS) is 15.1. The second kappa shape index (κ2) is 5.90. The second-order valence-electron chi connectivity index (χ2n) is 5.09. The maximum Gasteiger partial charge on any atom is 0.282 e. The van der Waals surface area contributed by atoms with E-state index < -0.39 is 4.92 Å². The first-order valence-corrected chi connectivity index (χ1v) is 6.78. The first kappa shape index (κ1) is 14.3. The third-order valence-corrected chi connectivity index (χ3v) is 3.91. The van der Waals surface area contributed by atoms with Crippen LogP contribution >= 0.6 is 0 Å². The number of benzene rings is 1. The van der Waals surface area contributed by atoms with Crippen molar-refractivity contribution in [1.29, 1.82) is 0 Å². The average molecular weight is 277 g/mol. The molecule has 1 aromatic carbocycles. The molecule has 0 aromatic heterocycles. The maximum atomic E-state index is 12.5. The Morgan fingerprint density at radius 1 is 1.40 bits per heavy atom. The van der Waals surface area contributed by atoms with E-state index in [1.165, 1.54) is 6.07 Å². The second-order valence-corrected chi connectivity index (χ2v) is 5.09. The Balaban J connectivity index is 2.33. The summed E-state index contributed by atoms with van der Waals surface area (Å²) in [6.45, 7) is 0. The van der Waals surface area contributed by atoms with E-state index in [1.807, 2.05) is 0 Å². The van der Waals surface area contributed by atoms with Crippen LogP contribution in [-0.2, 0) is 0 Å². The highest BCUT2D eigenvalue weighted by atomic mass is 16.6. The van der Waals surface area contributed by atoms with Crippen molar-refractivity contribution in [3.8, 4) is 0 Å². The summed E-state index contributed by atoms with van der Waals surface area (Å²) in [7, 11) is 3.45. The highest BCUT2D eigenvalue weighted by molar-refractivity contribution is 5.99. The zero-order valence-electron chi connectivity index (χ0n) is 11.8. The van der Waals surface area contributed by atoms with Gasteiger partial charge in [-0.15, -0.1) is 0 Å². The summed E-state index contributed by atoms with van der Waals surface area (Å²) < 4.78 is 0. The summed E-state index contributed by atoms with van der Waals surface area (Å²) in [4.78, 5) is 24.7. The monoisotopic (exact) mass is 277 g/mol. The number of carbonyl (C=O) groups is 1. The van der Waals surface area contributed by atoms with E-state index in [0.29, 0.717) is 5.69 Å². The molecule has 0 bridgehead atoms. The number of amides is 1. The SMILES string of the molecule is CNc1ccc([N+](=O)[O-])c(C(=O)N(C)C2CCCC2)c1. The van der Waals surface area contributed by atoms with Gasteiger partial charge in [-0.1, -0.05) is 12.8 Å². The Labute approximate surface area is 117 Å². The Kier molecular flexibility index (Phi) is 4.22. The van der Waals surface area contributed by atoms with E-state index in [9.17, 15) is 14.9 Å². The molecule has 1 amide bonds. The Morgan fingerprint density at radius 2 is 2.05 bits per heavy atom. The van der Waals surface area contributed by atoms with Crippen molar-refractivity contribution in [1.82, 2.24) is 4.90 Å². The van der Waals surface area contributed by atoms with Gasteiger partial charge in [0.1, 0.15) is 5.56 Å². The number of hydrogen-bond acceptors (Lipinski definition) is 4. The van der Waals surface area contributed by atoms with Gasteiger partial charge in [0, 0.05) is 31.9 Å². The molecule has 1 fully saturated rings. The molecule has 0 atom stereocenters. The molecule has 108 valence electrons. The van der Waals surface area contributed by atoms with E-state index >= 15 is 0 Å². The van der Waals surface area contributed by atoms with Crippen molar-refractivity contribution in [2.75, 3.05) is 19.4 Å². The van der Waals surface area contributed by atoms with Crippen LogP contribution in [0.3, 0.4) is 0 Å². The standard InChI is InChI=1S/C14H19N3O3/c1-15-10-7-8-13(17(19)20)12(9-10)14(18)16(2)11-5-3-4-6-11/h7-9,11,15H,3-6H2,1-2H3. The van der Waals surface area contributed by atoms with E-state index in [1.54, 1.807) is 31.1 Å². The van der Waals surface area contributed by atoms with Gasteiger partial charge in [0.2, 0.25) is 0 Å². The summed E-state index contributed by atoms with van der Waals surface area (Å²) in [6.07, 6.45) is 4.17. The molecule has 1 saturated carbocycles. The number of anilines is 1. The highest BCUT2D eigenvalue weighted by Crippen LogP contribution is 2.28. The van der Waals surface area contributed by atoms with E-state index in [0.717, 1.165) is 25.7 Å². The molecule has 1 aliphatic rings. The first-order chi connectivity index (χ1) is 9.54. The van der Waals surface area contributed by atoms with Crippen LogP contribution in [-0.4, -0.2) is 35.9 Å². The minimum atomic E-state index is -0.505. The molecule has 0 aliphatic heterocycles. The molecule has 0 spiro atoms. The summed E-state index contributed by atoms with van der Waals surface area (Å²) >= 11 is 0. The third kappa shape index (κ3) is 2.74. The van der Waals surface area contributed by atoms with Gasteiger partial charge in [-0.2, -0.15) is 0 Å². The number of rotatable bonds is 4. The van der Waals surface area contributed by atoms with Crippen LogP contribution in [0.5, 0.6) is 0 Å². The number of nitrogens with one attached hydrogen (secondary N) is 1. The molecule has 20 heavy (non-hydrogen) atoms. The number of nitro benzene ring substituents is 1. The molecular weight excluding hydrogens is 258 g/mol. The molecule has 0 saturated heterocycles. The van der Waals surface area contributed by atoms with Crippen LogP contribution in [0, 0.1) is 10.1 Å². The molecule has 6 heteroatoms. The molecule has 1 aliphatic carbocycles. The molecule has 2 rings (SSSR count). The fourth-order valence-electron chi connectivity index (χ4n) is 2.67. The molecule has 0 radical (unpaired) electrons. The minimum Gasteiger partial charge on any atom is -0.388 e. The molecule has 1 aromatic rings. The number of nitrogens with zero attached hydrogens (tertiary/aromatic N) is 2. The van der Waals surface area contributed by atoms with Gasteiger partial charge >= 0.3 is 0 Å². The van der Waals surface area contributed by atoms with Crippen molar-refractivity contribution in [3.63, 3.8) is 0 Å². The van der Waals surface area contributed by atoms with Crippen molar-refractivity contribution < 1.29 is 9.72 Å². The lowest BCUT2D eigenvalue weighted by Crippen LogP contribution is -2.35. The maximum absolute atomic E-state index is 12.5. The van der Waals surface area contributed by atoms with E-state index in [4.69, 9.17) is 0 Å². The lowest BCUT2D eigenvalue weighted by atomic mass is 10.1. The van der Waals surface area contributed by atoms with Crippen LogP contribution < -0.4 is 5.32 Å². The van der Waals surface area contributed by atoms with Crippen LogP contribution in [0.2, 0.25) is 0 Å². The fraction of sp³-hybridized carbons (Fsp3) is 0.500. The molecule has 6 nitrogen and oxygen atoms in total. The van der Waals surface area contributed by atoms with Gasteiger partial charge in [0.15, 0.2) is 0 Å². The van der Waals surface area contributed by atoms with Crippen molar-refractivity contribution >= 4 is 17.3 Å².